The highest BCUT2D eigenvalue weighted by Gasteiger charge is 2.09. The second-order valence-corrected chi connectivity index (χ2v) is 4.80. The fraction of sp³-hybridized carbons (Fsp3) is 0.0526. The van der Waals surface area contributed by atoms with Crippen LogP contribution in [0.4, 0.5) is 5.69 Å². The molecule has 0 spiro atoms. The summed E-state index contributed by atoms with van der Waals surface area (Å²) in [6, 6.07) is 15.8. The molecule has 0 aliphatic carbocycles. The van der Waals surface area contributed by atoms with Gasteiger partial charge in [-0.15, -0.1) is 0 Å². The highest BCUT2D eigenvalue weighted by molar-refractivity contribution is 5.81. The lowest BCUT2D eigenvalue weighted by molar-refractivity contribution is 0.415. The van der Waals surface area contributed by atoms with Crippen molar-refractivity contribution in [2.24, 2.45) is 4.99 Å². The number of oxazole rings is 1. The molecule has 0 N–H and O–H groups in total. The molecular formula is C19H16N2O2. The molecule has 1 heterocycles. The molecule has 1 aromatic heterocycles. The Morgan fingerprint density at radius 3 is 2.74 bits per heavy atom. The maximum Gasteiger partial charge on any atom is 0.181 e. The van der Waals surface area contributed by atoms with Crippen molar-refractivity contribution in [3.63, 3.8) is 0 Å². The maximum absolute atomic E-state index is 5.41. The largest absolute Gasteiger partial charge is 0.496 e. The molecule has 4 heteroatoms. The van der Waals surface area contributed by atoms with Crippen molar-refractivity contribution in [2.75, 3.05) is 7.11 Å². The van der Waals surface area contributed by atoms with Gasteiger partial charge in [0.25, 0.3) is 0 Å². The van der Waals surface area contributed by atoms with E-state index < -0.39 is 0 Å². The van der Waals surface area contributed by atoms with Crippen molar-refractivity contribution in [1.29, 1.82) is 0 Å². The summed E-state index contributed by atoms with van der Waals surface area (Å²) in [5.41, 5.74) is 2.80. The highest BCUT2D eigenvalue weighted by atomic mass is 16.5. The molecule has 0 aliphatic rings. The van der Waals surface area contributed by atoms with E-state index in [4.69, 9.17) is 9.15 Å². The van der Waals surface area contributed by atoms with Gasteiger partial charge in [0.1, 0.15) is 5.75 Å². The summed E-state index contributed by atoms with van der Waals surface area (Å²) in [5, 5.41) is 0. The van der Waals surface area contributed by atoms with E-state index in [1.807, 2.05) is 60.7 Å². The minimum atomic E-state index is 0.668. The van der Waals surface area contributed by atoms with Gasteiger partial charge in [-0.25, -0.2) is 4.98 Å². The Hall–Kier alpha value is -3.14. The topological polar surface area (TPSA) is 47.6 Å². The predicted molar refractivity (Wildman–Crippen MR) is 92.1 cm³/mol. The molecule has 0 saturated heterocycles. The number of methoxy groups -OCH3 is 1. The van der Waals surface area contributed by atoms with Crippen molar-refractivity contribution in [3.8, 4) is 17.1 Å². The fourth-order valence-corrected chi connectivity index (χ4v) is 2.16. The van der Waals surface area contributed by atoms with E-state index in [0.717, 1.165) is 16.8 Å². The number of hydrogen-bond donors (Lipinski definition) is 0. The van der Waals surface area contributed by atoms with Crippen molar-refractivity contribution in [2.45, 2.75) is 0 Å². The zero-order chi connectivity index (χ0) is 15.9. The van der Waals surface area contributed by atoms with E-state index in [1.165, 1.54) is 6.39 Å². The summed E-state index contributed by atoms with van der Waals surface area (Å²) in [6.07, 6.45) is 8.73. The number of rotatable bonds is 5. The second-order valence-electron chi connectivity index (χ2n) is 4.80. The number of aliphatic imine (C=N–C) groups is 1. The predicted octanol–water partition coefficient (Wildman–Crippen LogP) is 4.77. The summed E-state index contributed by atoms with van der Waals surface area (Å²) in [4.78, 5) is 8.34. The Bertz CT molecular complexity index is 807. The summed E-state index contributed by atoms with van der Waals surface area (Å²) in [7, 11) is 1.62. The van der Waals surface area contributed by atoms with Crippen LogP contribution in [0.1, 0.15) is 5.56 Å². The second kappa shape index (κ2) is 7.22. The molecule has 0 amide bonds. The molecule has 0 unspecified atom stereocenters. The van der Waals surface area contributed by atoms with Gasteiger partial charge in [-0.1, -0.05) is 36.4 Å². The molecular weight excluding hydrogens is 288 g/mol. The van der Waals surface area contributed by atoms with Gasteiger partial charge in [0, 0.05) is 12.3 Å². The quantitative estimate of drug-likeness (QED) is 0.638. The van der Waals surface area contributed by atoms with Gasteiger partial charge < -0.3 is 9.15 Å². The van der Waals surface area contributed by atoms with Crippen LogP contribution in [0.15, 0.2) is 76.6 Å². The van der Waals surface area contributed by atoms with Gasteiger partial charge in [-0.3, -0.25) is 4.99 Å². The molecule has 0 radical (unpaired) electrons. The molecule has 0 atom stereocenters. The summed E-state index contributed by atoms with van der Waals surface area (Å²) >= 11 is 0. The van der Waals surface area contributed by atoms with E-state index in [9.17, 15) is 0 Å². The highest BCUT2D eigenvalue weighted by Crippen LogP contribution is 2.32. The van der Waals surface area contributed by atoms with E-state index in [0.29, 0.717) is 11.5 Å². The zero-order valence-corrected chi connectivity index (χ0v) is 12.7. The Morgan fingerprint density at radius 1 is 1.13 bits per heavy atom. The minimum Gasteiger partial charge on any atom is -0.496 e. The van der Waals surface area contributed by atoms with Crippen molar-refractivity contribution in [1.82, 2.24) is 4.98 Å². The number of ether oxygens (including phenoxy) is 1. The number of benzene rings is 2. The van der Waals surface area contributed by atoms with Crippen molar-refractivity contribution in [3.05, 3.63) is 72.8 Å². The van der Waals surface area contributed by atoms with Crippen LogP contribution in [-0.2, 0) is 0 Å². The third kappa shape index (κ3) is 3.74. The third-order valence-corrected chi connectivity index (χ3v) is 3.28. The molecule has 3 aromatic rings. The number of aromatic nitrogens is 1. The molecule has 23 heavy (non-hydrogen) atoms. The van der Waals surface area contributed by atoms with Crippen LogP contribution in [0.3, 0.4) is 0 Å². The van der Waals surface area contributed by atoms with Gasteiger partial charge in [0.2, 0.25) is 0 Å². The third-order valence-electron chi connectivity index (χ3n) is 3.28. The normalized spacial score (nSPS) is 11.3. The van der Waals surface area contributed by atoms with Crippen molar-refractivity contribution < 1.29 is 9.15 Å². The van der Waals surface area contributed by atoms with Gasteiger partial charge in [0.15, 0.2) is 12.2 Å². The van der Waals surface area contributed by atoms with Crippen LogP contribution < -0.4 is 4.74 Å². The monoisotopic (exact) mass is 304 g/mol. The first kappa shape index (κ1) is 14.8. The first-order valence-corrected chi connectivity index (χ1v) is 7.19. The molecule has 0 aliphatic heterocycles. The summed E-state index contributed by atoms with van der Waals surface area (Å²) in [5.74, 6) is 1.37. The van der Waals surface area contributed by atoms with E-state index in [1.54, 1.807) is 19.5 Å². The molecule has 2 aromatic carbocycles. The van der Waals surface area contributed by atoms with Crippen LogP contribution in [0.25, 0.3) is 17.4 Å². The Labute approximate surface area is 134 Å². The number of allylic oxidation sites excluding steroid dienone is 1. The lowest BCUT2D eigenvalue weighted by Crippen LogP contribution is -1.86. The molecule has 114 valence electrons. The Kier molecular flexibility index (Phi) is 4.64. The summed E-state index contributed by atoms with van der Waals surface area (Å²) < 4.78 is 10.7. The van der Waals surface area contributed by atoms with E-state index >= 15 is 0 Å². The van der Waals surface area contributed by atoms with Crippen LogP contribution in [0, 0.1) is 0 Å². The average Bonchev–Trinajstić information content (AvgIpc) is 3.14. The van der Waals surface area contributed by atoms with Crippen LogP contribution in [0.5, 0.6) is 5.75 Å². The molecule has 3 rings (SSSR count). The van der Waals surface area contributed by atoms with Crippen LogP contribution >= 0.6 is 0 Å². The van der Waals surface area contributed by atoms with Gasteiger partial charge in [-0.2, -0.15) is 0 Å². The maximum atomic E-state index is 5.41. The molecule has 0 saturated carbocycles. The van der Waals surface area contributed by atoms with Gasteiger partial charge in [-0.05, 0) is 23.8 Å². The van der Waals surface area contributed by atoms with Crippen molar-refractivity contribution >= 4 is 18.0 Å². The molecule has 4 nitrogen and oxygen atoms in total. The number of nitrogens with zero attached hydrogens (tertiary/aromatic N) is 2. The van der Waals surface area contributed by atoms with E-state index in [2.05, 4.69) is 9.98 Å². The van der Waals surface area contributed by atoms with Crippen LogP contribution in [-0.4, -0.2) is 18.3 Å². The van der Waals surface area contributed by atoms with Gasteiger partial charge >= 0.3 is 0 Å². The average molecular weight is 304 g/mol. The smallest absolute Gasteiger partial charge is 0.181 e. The fourth-order valence-electron chi connectivity index (χ4n) is 2.16. The zero-order valence-electron chi connectivity index (χ0n) is 12.7. The Morgan fingerprint density at radius 2 is 2.00 bits per heavy atom. The first-order valence-electron chi connectivity index (χ1n) is 7.19. The minimum absolute atomic E-state index is 0.668. The standard InChI is InChI=1S/C19H16N2O2/c1-22-18-12-16(9-10-17(18)19-13-20-14-23-19)21-11-5-8-15-6-3-2-4-7-15/h2-14H,1H3/b8-5+,21-11+. The van der Waals surface area contributed by atoms with Gasteiger partial charge in [0.05, 0.1) is 24.6 Å². The van der Waals surface area contributed by atoms with Crippen LogP contribution in [0.2, 0.25) is 0 Å². The molecule has 0 fully saturated rings. The molecule has 0 bridgehead atoms. The number of hydrogen-bond acceptors (Lipinski definition) is 4. The lowest BCUT2D eigenvalue weighted by atomic mass is 10.1. The first-order chi connectivity index (χ1) is 11.4. The Balaban J connectivity index is 1.76. The lowest BCUT2D eigenvalue weighted by Gasteiger charge is -2.06. The summed E-state index contributed by atoms with van der Waals surface area (Å²) in [6.45, 7) is 0. The SMILES string of the molecule is COc1cc(/N=C/C=C/c2ccccc2)ccc1-c1cnco1. The van der Waals surface area contributed by atoms with E-state index in [-0.39, 0.29) is 0 Å².